The standard InChI is InChI=1S/C13H10N6OS/c1-20-8-4-2-7(3-5-8)11-17-18-12-9-6-14-16-10(9)15-13(21)19(11)12/h2-6,18H,1H3,(H,15,16,21). The van der Waals surface area contributed by atoms with E-state index in [4.69, 9.17) is 17.0 Å². The number of hydrogen-bond acceptors (Lipinski definition) is 5. The zero-order valence-electron chi connectivity index (χ0n) is 11.0. The van der Waals surface area contributed by atoms with Crippen LogP contribution in [0.2, 0.25) is 0 Å². The van der Waals surface area contributed by atoms with Gasteiger partial charge in [-0.1, -0.05) is 0 Å². The molecule has 0 aliphatic rings. The molecule has 0 unspecified atom stereocenters. The Morgan fingerprint density at radius 2 is 2.00 bits per heavy atom. The number of aromatic amines is 2. The Morgan fingerprint density at radius 3 is 2.76 bits per heavy atom. The fourth-order valence-corrected chi connectivity index (χ4v) is 2.56. The van der Waals surface area contributed by atoms with Crippen molar-refractivity contribution in [3.8, 4) is 17.1 Å². The molecule has 0 radical (unpaired) electrons. The van der Waals surface area contributed by atoms with Crippen LogP contribution in [0.3, 0.4) is 0 Å². The first-order chi connectivity index (χ1) is 10.3. The van der Waals surface area contributed by atoms with E-state index >= 15 is 0 Å². The Hall–Kier alpha value is -2.74. The third-order valence-electron chi connectivity index (χ3n) is 3.32. The Kier molecular flexibility index (Phi) is 2.51. The molecule has 104 valence electrons. The van der Waals surface area contributed by atoms with Crippen molar-refractivity contribution >= 4 is 28.9 Å². The van der Waals surface area contributed by atoms with Crippen molar-refractivity contribution in [2.45, 2.75) is 0 Å². The molecular weight excluding hydrogens is 288 g/mol. The van der Waals surface area contributed by atoms with Gasteiger partial charge in [0, 0.05) is 5.56 Å². The molecule has 7 nitrogen and oxygen atoms in total. The smallest absolute Gasteiger partial charge is 0.209 e. The summed E-state index contributed by atoms with van der Waals surface area (Å²) in [6, 6.07) is 7.61. The lowest BCUT2D eigenvalue weighted by Gasteiger charge is -2.02. The third-order valence-corrected chi connectivity index (χ3v) is 3.60. The Labute approximate surface area is 123 Å². The molecule has 0 fully saturated rings. The molecule has 4 aromatic rings. The largest absolute Gasteiger partial charge is 0.497 e. The molecule has 3 aromatic heterocycles. The van der Waals surface area contributed by atoms with E-state index in [-0.39, 0.29) is 0 Å². The van der Waals surface area contributed by atoms with Gasteiger partial charge in [0.1, 0.15) is 11.4 Å². The first-order valence-corrected chi connectivity index (χ1v) is 6.63. The summed E-state index contributed by atoms with van der Waals surface area (Å²) in [5, 5.41) is 15.0. The minimum absolute atomic E-state index is 0.418. The van der Waals surface area contributed by atoms with Crippen LogP contribution >= 0.6 is 12.2 Å². The molecule has 1 aromatic carbocycles. The number of aromatic nitrogens is 6. The quantitative estimate of drug-likeness (QED) is 0.555. The van der Waals surface area contributed by atoms with Gasteiger partial charge in [0.05, 0.1) is 18.7 Å². The van der Waals surface area contributed by atoms with Crippen molar-refractivity contribution in [2.75, 3.05) is 7.11 Å². The van der Waals surface area contributed by atoms with E-state index in [9.17, 15) is 0 Å². The van der Waals surface area contributed by atoms with Gasteiger partial charge in [-0.3, -0.25) is 14.6 Å². The average molecular weight is 298 g/mol. The van der Waals surface area contributed by atoms with Crippen LogP contribution in [0.15, 0.2) is 30.5 Å². The lowest BCUT2D eigenvalue weighted by atomic mass is 10.2. The van der Waals surface area contributed by atoms with E-state index in [1.807, 2.05) is 24.3 Å². The zero-order chi connectivity index (χ0) is 14.4. The molecule has 0 saturated carbocycles. The number of fused-ring (bicyclic) bond motifs is 3. The monoisotopic (exact) mass is 298 g/mol. The predicted octanol–water partition coefficient (Wildman–Crippen LogP) is 2.34. The molecule has 8 heteroatoms. The molecule has 0 saturated heterocycles. The van der Waals surface area contributed by atoms with Crippen molar-refractivity contribution < 1.29 is 4.74 Å². The molecule has 4 rings (SSSR count). The summed E-state index contributed by atoms with van der Waals surface area (Å²) >= 11 is 5.36. The Morgan fingerprint density at radius 1 is 1.19 bits per heavy atom. The number of nitrogens with one attached hydrogen (secondary N) is 2. The zero-order valence-corrected chi connectivity index (χ0v) is 11.8. The van der Waals surface area contributed by atoms with Crippen LogP contribution in [0.4, 0.5) is 0 Å². The topological polar surface area (TPSA) is 83.9 Å². The second-order valence-electron chi connectivity index (χ2n) is 4.49. The van der Waals surface area contributed by atoms with Gasteiger partial charge >= 0.3 is 0 Å². The first kappa shape index (κ1) is 12.0. The number of hydrogen-bond donors (Lipinski definition) is 2. The van der Waals surface area contributed by atoms with Gasteiger partial charge < -0.3 is 4.74 Å². The van der Waals surface area contributed by atoms with Gasteiger partial charge in [0.25, 0.3) is 0 Å². The fraction of sp³-hybridized carbons (Fsp3) is 0.0769. The highest BCUT2D eigenvalue weighted by molar-refractivity contribution is 7.71. The van der Waals surface area contributed by atoms with Gasteiger partial charge in [0.15, 0.2) is 11.5 Å². The van der Waals surface area contributed by atoms with Crippen LogP contribution in [0.1, 0.15) is 0 Å². The number of methoxy groups -OCH3 is 1. The van der Waals surface area contributed by atoms with Crippen molar-refractivity contribution in [3.05, 3.63) is 35.2 Å². The highest BCUT2D eigenvalue weighted by atomic mass is 32.1. The third kappa shape index (κ3) is 1.73. The van der Waals surface area contributed by atoms with E-state index in [1.165, 1.54) is 0 Å². The molecule has 0 amide bonds. The van der Waals surface area contributed by atoms with Gasteiger partial charge in [-0.05, 0) is 36.5 Å². The number of H-pyrrole nitrogens is 2. The highest BCUT2D eigenvalue weighted by Gasteiger charge is 2.13. The SMILES string of the molecule is COc1ccc(-c2n[nH]c3c4cn[nH]c4nc(=S)n23)cc1. The van der Waals surface area contributed by atoms with E-state index in [1.54, 1.807) is 17.7 Å². The predicted molar refractivity (Wildman–Crippen MR) is 79.8 cm³/mol. The van der Waals surface area contributed by atoms with Crippen LogP contribution in [-0.2, 0) is 0 Å². The normalized spacial score (nSPS) is 11.3. The number of ether oxygens (including phenoxy) is 1. The minimum Gasteiger partial charge on any atom is -0.497 e. The lowest BCUT2D eigenvalue weighted by Crippen LogP contribution is -1.95. The summed E-state index contributed by atoms with van der Waals surface area (Å²) in [4.78, 5) is 4.33. The number of nitrogens with zero attached hydrogens (tertiary/aromatic N) is 4. The highest BCUT2D eigenvalue weighted by Crippen LogP contribution is 2.24. The molecule has 0 atom stereocenters. The average Bonchev–Trinajstić information content (AvgIpc) is 3.13. The summed E-state index contributed by atoms with van der Waals surface area (Å²) in [6.07, 6.45) is 1.70. The van der Waals surface area contributed by atoms with Crippen LogP contribution in [-0.4, -0.2) is 36.9 Å². The van der Waals surface area contributed by atoms with Crippen LogP contribution < -0.4 is 4.74 Å². The van der Waals surface area contributed by atoms with Crippen molar-refractivity contribution in [1.82, 2.24) is 29.8 Å². The molecule has 0 spiro atoms. The maximum absolute atomic E-state index is 5.36. The van der Waals surface area contributed by atoms with E-state index in [2.05, 4.69) is 25.4 Å². The minimum atomic E-state index is 0.418. The molecule has 0 aliphatic heterocycles. The maximum Gasteiger partial charge on any atom is 0.209 e. The summed E-state index contributed by atoms with van der Waals surface area (Å²) in [5.74, 6) is 1.49. The van der Waals surface area contributed by atoms with Crippen molar-refractivity contribution in [1.29, 1.82) is 0 Å². The molecule has 2 N–H and O–H groups in total. The molecule has 0 aliphatic carbocycles. The van der Waals surface area contributed by atoms with E-state index < -0.39 is 0 Å². The van der Waals surface area contributed by atoms with Crippen molar-refractivity contribution in [2.24, 2.45) is 0 Å². The molecule has 3 heterocycles. The fourth-order valence-electron chi connectivity index (χ4n) is 2.30. The second-order valence-corrected chi connectivity index (χ2v) is 4.85. The summed E-state index contributed by atoms with van der Waals surface area (Å²) in [7, 11) is 1.63. The van der Waals surface area contributed by atoms with Crippen LogP contribution in [0.5, 0.6) is 5.75 Å². The molecular formula is C13H10N6OS. The number of rotatable bonds is 2. The van der Waals surface area contributed by atoms with E-state index in [0.29, 0.717) is 16.2 Å². The van der Waals surface area contributed by atoms with Gasteiger partial charge in [0.2, 0.25) is 4.77 Å². The van der Waals surface area contributed by atoms with Gasteiger partial charge in [-0.15, -0.1) is 0 Å². The first-order valence-electron chi connectivity index (χ1n) is 6.22. The van der Waals surface area contributed by atoms with Gasteiger partial charge in [-0.25, -0.2) is 0 Å². The Balaban J connectivity index is 2.02. The molecule has 21 heavy (non-hydrogen) atoms. The van der Waals surface area contributed by atoms with Gasteiger partial charge in [-0.2, -0.15) is 15.2 Å². The second kappa shape index (κ2) is 4.38. The lowest BCUT2D eigenvalue weighted by molar-refractivity contribution is 0.415. The van der Waals surface area contributed by atoms with Crippen molar-refractivity contribution in [3.63, 3.8) is 0 Å². The van der Waals surface area contributed by atoms with Crippen LogP contribution in [0, 0.1) is 4.77 Å². The van der Waals surface area contributed by atoms with E-state index in [0.717, 1.165) is 22.3 Å². The summed E-state index contributed by atoms with van der Waals surface area (Å²) in [6.45, 7) is 0. The summed E-state index contributed by atoms with van der Waals surface area (Å²) in [5.41, 5.74) is 2.33. The molecule has 0 bridgehead atoms. The number of benzene rings is 1. The Bertz CT molecular complexity index is 997. The maximum atomic E-state index is 5.36. The summed E-state index contributed by atoms with van der Waals surface area (Å²) < 4.78 is 7.38. The van der Waals surface area contributed by atoms with Crippen LogP contribution in [0.25, 0.3) is 28.1 Å².